The molecule has 1 aromatic rings. The predicted octanol–water partition coefficient (Wildman–Crippen LogP) is 0.466. The number of pyridine rings is 1. The summed E-state index contributed by atoms with van der Waals surface area (Å²) in [5.41, 5.74) is 5.69. The van der Waals surface area contributed by atoms with E-state index >= 15 is 0 Å². The molecule has 4 nitrogen and oxygen atoms in total. The standard InChI is InChI=1S/C8H9FN2O2/c1-13-8(12)5-2-6(4-10)11-7(9)3-5/h2-3H,4,10H2,1H3. The van der Waals surface area contributed by atoms with Gasteiger partial charge in [-0.05, 0) is 6.07 Å². The maximum absolute atomic E-state index is 12.7. The molecule has 0 fully saturated rings. The fourth-order valence-electron chi connectivity index (χ4n) is 0.891. The molecule has 0 aliphatic heterocycles. The van der Waals surface area contributed by atoms with Gasteiger partial charge in [-0.2, -0.15) is 4.39 Å². The van der Waals surface area contributed by atoms with Crippen LogP contribution in [-0.4, -0.2) is 18.1 Å². The maximum Gasteiger partial charge on any atom is 0.338 e. The van der Waals surface area contributed by atoms with E-state index in [9.17, 15) is 9.18 Å². The summed E-state index contributed by atoms with van der Waals surface area (Å²) in [5.74, 6) is -1.33. The summed E-state index contributed by atoms with van der Waals surface area (Å²) in [5, 5.41) is 0. The number of nitrogens with zero attached hydrogens (tertiary/aromatic N) is 1. The van der Waals surface area contributed by atoms with Crippen molar-refractivity contribution in [3.63, 3.8) is 0 Å². The van der Waals surface area contributed by atoms with E-state index in [1.54, 1.807) is 0 Å². The maximum atomic E-state index is 12.7. The van der Waals surface area contributed by atoms with E-state index in [2.05, 4.69) is 9.72 Å². The molecular formula is C8H9FN2O2. The van der Waals surface area contributed by atoms with Gasteiger partial charge >= 0.3 is 5.97 Å². The highest BCUT2D eigenvalue weighted by molar-refractivity contribution is 5.89. The highest BCUT2D eigenvalue weighted by atomic mass is 19.1. The Balaban J connectivity index is 3.08. The number of esters is 1. The zero-order chi connectivity index (χ0) is 9.84. The average Bonchev–Trinajstić information content (AvgIpc) is 2.15. The first-order valence-electron chi connectivity index (χ1n) is 3.62. The summed E-state index contributed by atoms with van der Waals surface area (Å²) in [6, 6.07) is 2.40. The van der Waals surface area contributed by atoms with Gasteiger partial charge in [0.25, 0.3) is 0 Å². The molecule has 5 heteroatoms. The first kappa shape index (κ1) is 9.60. The van der Waals surface area contributed by atoms with Gasteiger partial charge in [0.1, 0.15) is 0 Å². The molecule has 2 N–H and O–H groups in total. The number of hydrogen-bond donors (Lipinski definition) is 1. The van der Waals surface area contributed by atoms with E-state index in [-0.39, 0.29) is 12.1 Å². The number of halogens is 1. The van der Waals surface area contributed by atoms with Crippen molar-refractivity contribution in [3.05, 3.63) is 29.3 Å². The molecule has 0 amide bonds. The van der Waals surface area contributed by atoms with Crippen LogP contribution in [0.2, 0.25) is 0 Å². The quantitative estimate of drug-likeness (QED) is 0.535. The Bertz CT molecular complexity index is 328. The fourth-order valence-corrected chi connectivity index (χ4v) is 0.891. The van der Waals surface area contributed by atoms with Gasteiger partial charge in [-0.1, -0.05) is 0 Å². The molecule has 0 aliphatic rings. The van der Waals surface area contributed by atoms with Crippen LogP contribution in [-0.2, 0) is 11.3 Å². The van der Waals surface area contributed by atoms with Crippen molar-refractivity contribution in [2.45, 2.75) is 6.54 Å². The molecule has 0 bridgehead atoms. The van der Waals surface area contributed by atoms with Crippen LogP contribution in [0.3, 0.4) is 0 Å². The highest BCUT2D eigenvalue weighted by Gasteiger charge is 2.08. The van der Waals surface area contributed by atoms with Crippen LogP contribution in [0, 0.1) is 5.95 Å². The third-order valence-corrected chi connectivity index (χ3v) is 1.48. The minimum atomic E-state index is -0.733. The molecule has 13 heavy (non-hydrogen) atoms. The number of ether oxygens (including phenoxy) is 1. The van der Waals surface area contributed by atoms with Crippen molar-refractivity contribution < 1.29 is 13.9 Å². The van der Waals surface area contributed by atoms with Crippen LogP contribution in [0.25, 0.3) is 0 Å². The number of methoxy groups -OCH3 is 1. The van der Waals surface area contributed by atoms with Crippen molar-refractivity contribution in [1.82, 2.24) is 4.98 Å². The van der Waals surface area contributed by atoms with Crippen LogP contribution in [0.4, 0.5) is 4.39 Å². The molecular weight excluding hydrogens is 175 g/mol. The molecule has 0 saturated heterocycles. The van der Waals surface area contributed by atoms with Crippen LogP contribution < -0.4 is 5.73 Å². The number of nitrogens with two attached hydrogens (primary N) is 1. The van der Waals surface area contributed by atoms with Gasteiger partial charge in [-0.3, -0.25) is 0 Å². The zero-order valence-corrected chi connectivity index (χ0v) is 7.08. The van der Waals surface area contributed by atoms with Crippen LogP contribution in [0.15, 0.2) is 12.1 Å². The summed E-state index contributed by atoms with van der Waals surface area (Å²) in [4.78, 5) is 14.4. The van der Waals surface area contributed by atoms with Crippen LogP contribution in [0.1, 0.15) is 16.1 Å². The number of hydrogen-bond acceptors (Lipinski definition) is 4. The predicted molar refractivity (Wildman–Crippen MR) is 43.4 cm³/mol. The van der Waals surface area contributed by atoms with Gasteiger partial charge in [0, 0.05) is 12.6 Å². The van der Waals surface area contributed by atoms with Gasteiger partial charge in [0.15, 0.2) is 0 Å². The second-order valence-corrected chi connectivity index (χ2v) is 2.37. The topological polar surface area (TPSA) is 65.2 Å². The third kappa shape index (κ3) is 2.22. The van der Waals surface area contributed by atoms with Gasteiger partial charge in [0.05, 0.1) is 18.4 Å². The van der Waals surface area contributed by atoms with Crippen LogP contribution >= 0.6 is 0 Å². The Kier molecular flexibility index (Phi) is 2.92. The Morgan fingerprint density at radius 2 is 2.38 bits per heavy atom. The number of aromatic nitrogens is 1. The normalized spacial score (nSPS) is 9.77. The molecule has 0 aromatic carbocycles. The number of carbonyl (C=O) groups excluding carboxylic acids is 1. The first-order chi connectivity index (χ1) is 6.17. The van der Waals surface area contributed by atoms with Crippen molar-refractivity contribution in [3.8, 4) is 0 Å². The Hall–Kier alpha value is -1.49. The minimum Gasteiger partial charge on any atom is -0.465 e. The molecule has 0 spiro atoms. The Labute approximate surface area is 74.5 Å². The first-order valence-corrected chi connectivity index (χ1v) is 3.62. The summed E-state index contributed by atoms with van der Waals surface area (Å²) >= 11 is 0. The van der Waals surface area contributed by atoms with E-state index in [0.29, 0.717) is 5.69 Å². The minimum absolute atomic E-state index is 0.0851. The lowest BCUT2D eigenvalue weighted by Gasteiger charge is -2.01. The molecule has 1 rings (SSSR count). The average molecular weight is 184 g/mol. The van der Waals surface area contributed by atoms with E-state index < -0.39 is 11.9 Å². The van der Waals surface area contributed by atoms with Gasteiger partial charge in [-0.15, -0.1) is 0 Å². The second-order valence-electron chi connectivity index (χ2n) is 2.37. The summed E-state index contributed by atoms with van der Waals surface area (Å²) in [6.07, 6.45) is 0. The lowest BCUT2D eigenvalue weighted by Crippen LogP contribution is -2.07. The number of carbonyl (C=O) groups is 1. The Morgan fingerprint density at radius 1 is 1.69 bits per heavy atom. The molecule has 1 heterocycles. The number of rotatable bonds is 2. The largest absolute Gasteiger partial charge is 0.465 e. The molecule has 0 atom stereocenters. The third-order valence-electron chi connectivity index (χ3n) is 1.48. The van der Waals surface area contributed by atoms with Crippen molar-refractivity contribution in [2.75, 3.05) is 7.11 Å². The fraction of sp³-hybridized carbons (Fsp3) is 0.250. The lowest BCUT2D eigenvalue weighted by molar-refractivity contribution is 0.0599. The lowest BCUT2D eigenvalue weighted by atomic mass is 10.2. The SMILES string of the molecule is COC(=O)c1cc(F)nc(CN)c1. The van der Waals surface area contributed by atoms with Gasteiger partial charge in [-0.25, -0.2) is 9.78 Å². The van der Waals surface area contributed by atoms with Crippen molar-refractivity contribution >= 4 is 5.97 Å². The van der Waals surface area contributed by atoms with Gasteiger partial charge < -0.3 is 10.5 Å². The molecule has 70 valence electrons. The summed E-state index contributed by atoms with van der Waals surface area (Å²) in [6.45, 7) is 0.0851. The molecule has 0 saturated carbocycles. The van der Waals surface area contributed by atoms with E-state index in [1.165, 1.54) is 13.2 Å². The molecule has 0 unspecified atom stereocenters. The summed E-state index contributed by atoms with van der Waals surface area (Å²) < 4.78 is 17.2. The summed E-state index contributed by atoms with van der Waals surface area (Å²) in [7, 11) is 1.22. The van der Waals surface area contributed by atoms with Crippen molar-refractivity contribution in [1.29, 1.82) is 0 Å². The monoisotopic (exact) mass is 184 g/mol. The van der Waals surface area contributed by atoms with E-state index in [0.717, 1.165) is 6.07 Å². The van der Waals surface area contributed by atoms with E-state index in [1.807, 2.05) is 0 Å². The smallest absolute Gasteiger partial charge is 0.338 e. The zero-order valence-electron chi connectivity index (χ0n) is 7.08. The van der Waals surface area contributed by atoms with Gasteiger partial charge in [0.2, 0.25) is 5.95 Å². The van der Waals surface area contributed by atoms with E-state index in [4.69, 9.17) is 5.73 Å². The molecule has 0 radical (unpaired) electrons. The molecule has 0 aliphatic carbocycles. The van der Waals surface area contributed by atoms with Crippen molar-refractivity contribution in [2.24, 2.45) is 5.73 Å². The second kappa shape index (κ2) is 3.95. The molecule has 1 aromatic heterocycles. The Morgan fingerprint density at radius 3 is 2.92 bits per heavy atom. The highest BCUT2D eigenvalue weighted by Crippen LogP contribution is 2.06. The van der Waals surface area contributed by atoms with Crippen LogP contribution in [0.5, 0.6) is 0 Å².